The Bertz CT molecular complexity index is 1200. The van der Waals surface area contributed by atoms with Crippen molar-refractivity contribution in [3.05, 3.63) is 44.9 Å². The van der Waals surface area contributed by atoms with Crippen molar-refractivity contribution in [3.8, 4) is 17.2 Å². The molecule has 3 rings (SSSR count). The summed E-state index contributed by atoms with van der Waals surface area (Å²) in [6.45, 7) is 0.266. The second-order valence-corrected chi connectivity index (χ2v) is 6.54. The summed E-state index contributed by atoms with van der Waals surface area (Å²) in [7, 11) is 6.02. The Morgan fingerprint density at radius 1 is 1.13 bits per heavy atom. The first-order valence-electron chi connectivity index (χ1n) is 9.03. The van der Waals surface area contributed by atoms with Gasteiger partial charge in [0.15, 0.2) is 22.7 Å². The number of aromatic carboxylic acids is 1. The van der Waals surface area contributed by atoms with Crippen molar-refractivity contribution in [3.63, 3.8) is 0 Å². The molecule has 160 valence electrons. The molecule has 0 aliphatic carbocycles. The van der Waals surface area contributed by atoms with Crippen LogP contribution in [0.3, 0.4) is 0 Å². The molecule has 0 bridgehead atoms. The lowest BCUT2D eigenvalue weighted by Crippen LogP contribution is -2.39. The van der Waals surface area contributed by atoms with Crippen LogP contribution in [-0.4, -0.2) is 50.6 Å². The second kappa shape index (κ2) is 8.31. The first kappa shape index (κ1) is 21.0. The van der Waals surface area contributed by atoms with Gasteiger partial charge in [-0.15, -0.1) is 0 Å². The minimum atomic E-state index is -1.13. The van der Waals surface area contributed by atoms with Gasteiger partial charge in [-0.1, -0.05) is 0 Å². The normalized spacial score (nSPS) is 10.9. The topological polar surface area (TPSA) is 127 Å². The summed E-state index contributed by atoms with van der Waals surface area (Å²) < 4.78 is 20.2. The number of imidazole rings is 1. The third-order valence-electron chi connectivity index (χ3n) is 4.68. The molecule has 0 saturated carbocycles. The molecular weight excluding hydrogens is 396 g/mol. The van der Waals surface area contributed by atoms with Gasteiger partial charge in [-0.2, -0.15) is 0 Å². The average molecular weight is 418 g/mol. The molecule has 0 atom stereocenters. The molecule has 2 heterocycles. The Kier molecular flexibility index (Phi) is 5.81. The summed E-state index contributed by atoms with van der Waals surface area (Å²) in [4.78, 5) is 40.5. The number of fused-ring (bicyclic) bond motifs is 1. The van der Waals surface area contributed by atoms with Gasteiger partial charge in [-0.05, 0) is 18.6 Å². The zero-order valence-corrected chi connectivity index (χ0v) is 17.0. The lowest BCUT2D eigenvalue weighted by Gasteiger charge is -2.15. The van der Waals surface area contributed by atoms with Crippen LogP contribution in [0.5, 0.6) is 17.2 Å². The van der Waals surface area contributed by atoms with Crippen molar-refractivity contribution in [1.82, 2.24) is 18.7 Å². The number of carbonyl (C=O) groups is 1. The van der Waals surface area contributed by atoms with Crippen molar-refractivity contribution < 1.29 is 24.1 Å². The number of benzene rings is 1. The van der Waals surface area contributed by atoms with E-state index in [0.717, 1.165) is 4.57 Å². The van der Waals surface area contributed by atoms with Crippen LogP contribution < -0.4 is 25.5 Å². The highest BCUT2D eigenvalue weighted by Gasteiger charge is 2.18. The van der Waals surface area contributed by atoms with Crippen LogP contribution in [0, 0.1) is 0 Å². The second-order valence-electron chi connectivity index (χ2n) is 6.54. The smallest absolute Gasteiger partial charge is 0.335 e. The Morgan fingerprint density at radius 2 is 1.77 bits per heavy atom. The van der Waals surface area contributed by atoms with E-state index in [0.29, 0.717) is 17.6 Å². The number of rotatable bonds is 8. The van der Waals surface area contributed by atoms with Gasteiger partial charge in [-0.3, -0.25) is 13.9 Å². The molecule has 0 unspecified atom stereocenters. The number of carboxylic acid groups (broad SMARTS) is 1. The number of ether oxygens (including phenoxy) is 3. The van der Waals surface area contributed by atoms with Crippen molar-refractivity contribution in [1.29, 1.82) is 0 Å². The van der Waals surface area contributed by atoms with Crippen molar-refractivity contribution in [2.75, 3.05) is 20.8 Å². The predicted octanol–water partition coefficient (Wildman–Crippen LogP) is 0.618. The van der Waals surface area contributed by atoms with Gasteiger partial charge >= 0.3 is 11.7 Å². The molecule has 1 N–H and O–H groups in total. The first-order valence-corrected chi connectivity index (χ1v) is 9.03. The maximum atomic E-state index is 12.7. The number of carboxylic acids is 1. The molecule has 0 saturated heterocycles. The Balaban J connectivity index is 1.81. The standard InChI is InChI=1S/C19H22N4O7/c1-21-10-20-16-14(21)17(24)23(19(27)22(16)2)6-5-7-30-15-12(28-3)8-11(18(25)26)9-13(15)29-4/h8-10H,5-7H2,1-4H3,(H,25,26). The van der Waals surface area contributed by atoms with E-state index in [1.807, 2.05) is 0 Å². The van der Waals surface area contributed by atoms with E-state index in [-0.39, 0.29) is 36.0 Å². The summed E-state index contributed by atoms with van der Waals surface area (Å²) >= 11 is 0. The first-order chi connectivity index (χ1) is 14.3. The summed E-state index contributed by atoms with van der Waals surface area (Å²) in [5, 5.41) is 9.19. The molecule has 0 amide bonds. The zero-order chi connectivity index (χ0) is 22.0. The molecule has 0 fully saturated rings. The van der Waals surface area contributed by atoms with E-state index in [1.54, 1.807) is 18.7 Å². The molecule has 30 heavy (non-hydrogen) atoms. The van der Waals surface area contributed by atoms with Crippen LogP contribution >= 0.6 is 0 Å². The summed E-state index contributed by atoms with van der Waals surface area (Å²) in [6.07, 6.45) is 1.82. The number of hydrogen-bond donors (Lipinski definition) is 1. The number of nitrogens with zero attached hydrogens (tertiary/aromatic N) is 4. The molecular formula is C19H22N4O7. The molecule has 0 radical (unpaired) electrons. The lowest BCUT2D eigenvalue weighted by molar-refractivity contribution is 0.0696. The Morgan fingerprint density at radius 3 is 2.33 bits per heavy atom. The van der Waals surface area contributed by atoms with Crippen LogP contribution in [0.15, 0.2) is 28.0 Å². The summed E-state index contributed by atoms with van der Waals surface area (Å²) in [5.74, 6) is -0.474. The van der Waals surface area contributed by atoms with Crippen molar-refractivity contribution >= 4 is 17.1 Å². The van der Waals surface area contributed by atoms with Crippen molar-refractivity contribution in [2.45, 2.75) is 13.0 Å². The third kappa shape index (κ3) is 3.61. The van der Waals surface area contributed by atoms with Crippen LogP contribution in [0.25, 0.3) is 11.2 Å². The molecule has 11 heteroatoms. The van der Waals surface area contributed by atoms with Crippen LogP contribution in [0.2, 0.25) is 0 Å². The fourth-order valence-electron chi connectivity index (χ4n) is 3.14. The van der Waals surface area contributed by atoms with Gasteiger partial charge in [0, 0.05) is 20.6 Å². The highest BCUT2D eigenvalue weighted by atomic mass is 16.5. The Labute approximate surface area is 170 Å². The quantitative estimate of drug-likeness (QED) is 0.528. The third-order valence-corrected chi connectivity index (χ3v) is 4.68. The van der Waals surface area contributed by atoms with E-state index < -0.39 is 17.2 Å². The van der Waals surface area contributed by atoms with Crippen LogP contribution in [-0.2, 0) is 20.6 Å². The van der Waals surface area contributed by atoms with E-state index >= 15 is 0 Å². The monoisotopic (exact) mass is 418 g/mol. The number of methoxy groups -OCH3 is 2. The minimum absolute atomic E-state index is 0.00409. The molecule has 3 aromatic rings. The van der Waals surface area contributed by atoms with Crippen molar-refractivity contribution in [2.24, 2.45) is 14.1 Å². The molecule has 0 aliphatic heterocycles. The molecule has 1 aromatic carbocycles. The van der Waals surface area contributed by atoms with Crippen LogP contribution in [0.4, 0.5) is 0 Å². The Hall–Kier alpha value is -3.76. The average Bonchev–Trinajstić information content (AvgIpc) is 3.12. The zero-order valence-electron chi connectivity index (χ0n) is 17.0. The summed E-state index contributed by atoms with van der Waals surface area (Å²) in [5.41, 5.74) is -0.226. The van der Waals surface area contributed by atoms with Gasteiger partial charge in [0.25, 0.3) is 5.56 Å². The fraction of sp³-hybridized carbons (Fsp3) is 0.368. The van der Waals surface area contributed by atoms with Gasteiger partial charge in [-0.25, -0.2) is 14.6 Å². The van der Waals surface area contributed by atoms with E-state index in [4.69, 9.17) is 14.2 Å². The summed E-state index contributed by atoms with van der Waals surface area (Å²) in [6, 6.07) is 2.66. The number of hydrogen-bond acceptors (Lipinski definition) is 7. The molecule has 2 aromatic heterocycles. The highest BCUT2D eigenvalue weighted by Crippen LogP contribution is 2.38. The van der Waals surface area contributed by atoms with Gasteiger partial charge in [0.05, 0.1) is 32.7 Å². The van der Waals surface area contributed by atoms with Gasteiger partial charge in [0.1, 0.15) is 0 Å². The predicted molar refractivity (Wildman–Crippen MR) is 107 cm³/mol. The van der Waals surface area contributed by atoms with Gasteiger partial charge in [0.2, 0.25) is 5.75 Å². The largest absolute Gasteiger partial charge is 0.493 e. The van der Waals surface area contributed by atoms with Gasteiger partial charge < -0.3 is 23.9 Å². The SMILES string of the molecule is COc1cc(C(=O)O)cc(OC)c1OCCCn1c(=O)c2c(ncn2C)n(C)c1=O. The van der Waals surface area contributed by atoms with Crippen LogP contribution in [0.1, 0.15) is 16.8 Å². The minimum Gasteiger partial charge on any atom is -0.493 e. The van der Waals surface area contributed by atoms with E-state index in [9.17, 15) is 19.5 Å². The number of aromatic nitrogens is 4. The highest BCUT2D eigenvalue weighted by molar-refractivity contribution is 5.89. The van der Waals surface area contributed by atoms with E-state index in [2.05, 4.69) is 4.98 Å². The fourth-order valence-corrected chi connectivity index (χ4v) is 3.14. The lowest BCUT2D eigenvalue weighted by atomic mass is 10.2. The molecule has 0 spiro atoms. The number of aryl methyl sites for hydroxylation is 2. The van der Waals surface area contributed by atoms with E-state index in [1.165, 1.54) is 37.2 Å². The maximum absolute atomic E-state index is 12.7. The molecule has 0 aliphatic rings. The molecule has 11 nitrogen and oxygen atoms in total. The maximum Gasteiger partial charge on any atom is 0.335 e.